The van der Waals surface area contributed by atoms with E-state index in [2.05, 4.69) is 10.3 Å². The first-order chi connectivity index (χ1) is 14.8. The Hall–Kier alpha value is -4.08. The monoisotopic (exact) mass is 423 g/mol. The minimum absolute atomic E-state index is 0.0590. The number of aromatic nitrogens is 2. The molecule has 0 aliphatic heterocycles. The van der Waals surface area contributed by atoms with Gasteiger partial charge in [-0.2, -0.15) is 0 Å². The predicted molar refractivity (Wildman–Crippen MR) is 115 cm³/mol. The zero-order valence-corrected chi connectivity index (χ0v) is 17.1. The standard InChI is InChI=1S/C21H21N5O5/c1-3-24(4-2)20(28)14-5-7-15(8-6-14)23-19(27)12-25-13-22-18-10-9-16(26(30)31)11-17(18)21(25)29/h5-11,13H,3-4,12H2,1-2H3,(H,23,27). The van der Waals surface area contributed by atoms with E-state index in [4.69, 9.17) is 0 Å². The van der Waals surface area contributed by atoms with Crippen molar-refractivity contribution >= 4 is 34.1 Å². The summed E-state index contributed by atoms with van der Waals surface area (Å²) in [4.78, 5) is 53.5. The highest BCUT2D eigenvalue weighted by Gasteiger charge is 2.14. The fourth-order valence-corrected chi connectivity index (χ4v) is 3.12. The normalized spacial score (nSPS) is 10.6. The van der Waals surface area contributed by atoms with Crippen molar-refractivity contribution in [2.75, 3.05) is 18.4 Å². The van der Waals surface area contributed by atoms with Crippen molar-refractivity contribution in [3.05, 3.63) is 74.8 Å². The van der Waals surface area contributed by atoms with Crippen molar-refractivity contribution in [2.24, 2.45) is 0 Å². The molecule has 3 rings (SSSR count). The first-order valence-corrected chi connectivity index (χ1v) is 9.66. The third kappa shape index (κ3) is 4.74. The molecule has 2 aromatic carbocycles. The summed E-state index contributed by atoms with van der Waals surface area (Å²) < 4.78 is 1.08. The Morgan fingerprint density at radius 2 is 1.81 bits per heavy atom. The largest absolute Gasteiger partial charge is 0.339 e. The van der Waals surface area contributed by atoms with Crippen LogP contribution in [0.4, 0.5) is 11.4 Å². The lowest BCUT2D eigenvalue weighted by Crippen LogP contribution is -2.30. The van der Waals surface area contributed by atoms with Gasteiger partial charge < -0.3 is 10.2 Å². The third-order valence-electron chi connectivity index (χ3n) is 4.80. The molecule has 0 atom stereocenters. The van der Waals surface area contributed by atoms with Crippen molar-refractivity contribution in [1.82, 2.24) is 14.5 Å². The molecular weight excluding hydrogens is 402 g/mol. The van der Waals surface area contributed by atoms with Crippen LogP contribution in [0, 0.1) is 10.1 Å². The minimum Gasteiger partial charge on any atom is -0.339 e. The summed E-state index contributed by atoms with van der Waals surface area (Å²) in [6, 6.07) is 10.3. The molecular formula is C21H21N5O5. The lowest BCUT2D eigenvalue weighted by Gasteiger charge is -2.18. The van der Waals surface area contributed by atoms with Crippen LogP contribution in [0.2, 0.25) is 0 Å². The second-order valence-corrected chi connectivity index (χ2v) is 6.74. The molecule has 3 aromatic rings. The number of hydrogen-bond donors (Lipinski definition) is 1. The molecule has 1 aromatic heterocycles. The molecule has 0 aliphatic carbocycles. The average Bonchev–Trinajstić information content (AvgIpc) is 2.76. The fraction of sp³-hybridized carbons (Fsp3) is 0.238. The number of rotatable bonds is 7. The molecule has 0 saturated carbocycles. The van der Waals surface area contributed by atoms with Crippen molar-refractivity contribution in [1.29, 1.82) is 0 Å². The Morgan fingerprint density at radius 1 is 1.13 bits per heavy atom. The Labute approximate surface area is 177 Å². The van der Waals surface area contributed by atoms with Crippen molar-refractivity contribution in [3.63, 3.8) is 0 Å². The van der Waals surface area contributed by atoms with E-state index in [0.717, 1.165) is 10.6 Å². The summed E-state index contributed by atoms with van der Waals surface area (Å²) >= 11 is 0. The van der Waals surface area contributed by atoms with Crippen LogP contribution in [0.5, 0.6) is 0 Å². The van der Waals surface area contributed by atoms with Gasteiger partial charge in [-0.25, -0.2) is 4.98 Å². The summed E-state index contributed by atoms with van der Waals surface area (Å²) in [5.74, 6) is -0.567. The quantitative estimate of drug-likeness (QED) is 0.459. The van der Waals surface area contributed by atoms with Gasteiger partial charge in [0.15, 0.2) is 0 Å². The molecule has 1 N–H and O–H groups in total. The van der Waals surface area contributed by atoms with E-state index < -0.39 is 16.4 Å². The Morgan fingerprint density at radius 3 is 2.42 bits per heavy atom. The maximum atomic E-state index is 12.6. The summed E-state index contributed by atoms with van der Waals surface area (Å²) in [7, 11) is 0. The fourth-order valence-electron chi connectivity index (χ4n) is 3.12. The Bertz CT molecular complexity index is 1200. The van der Waals surface area contributed by atoms with E-state index in [0.29, 0.717) is 29.9 Å². The Balaban J connectivity index is 1.74. The summed E-state index contributed by atoms with van der Waals surface area (Å²) in [6.45, 7) is 4.69. The summed E-state index contributed by atoms with van der Waals surface area (Å²) in [6.07, 6.45) is 1.22. The maximum Gasteiger partial charge on any atom is 0.270 e. The number of non-ortho nitro benzene ring substituents is 1. The number of hydrogen-bond acceptors (Lipinski definition) is 6. The smallest absolute Gasteiger partial charge is 0.270 e. The summed E-state index contributed by atoms with van der Waals surface area (Å²) in [5, 5.41) is 13.7. The number of fused-ring (bicyclic) bond motifs is 1. The SMILES string of the molecule is CCN(CC)C(=O)c1ccc(NC(=O)Cn2cnc3ccc([N+](=O)[O-])cc3c2=O)cc1. The van der Waals surface area contributed by atoms with E-state index in [1.807, 2.05) is 13.8 Å². The number of nitro benzene ring substituents is 1. The molecule has 160 valence electrons. The molecule has 0 spiro atoms. The summed E-state index contributed by atoms with van der Waals surface area (Å²) in [5.41, 5.74) is 0.509. The van der Waals surface area contributed by atoms with Gasteiger partial charge in [-0.05, 0) is 44.2 Å². The van der Waals surface area contributed by atoms with Crippen LogP contribution < -0.4 is 10.9 Å². The highest BCUT2D eigenvalue weighted by atomic mass is 16.6. The third-order valence-corrected chi connectivity index (χ3v) is 4.80. The van der Waals surface area contributed by atoms with Gasteiger partial charge in [0.1, 0.15) is 6.54 Å². The number of nitro groups is 1. The van der Waals surface area contributed by atoms with Gasteiger partial charge in [0.05, 0.1) is 22.2 Å². The molecule has 1 heterocycles. The first-order valence-electron chi connectivity index (χ1n) is 9.66. The molecule has 0 bridgehead atoms. The Kier molecular flexibility index (Phi) is 6.39. The number of nitrogens with one attached hydrogen (secondary N) is 1. The van der Waals surface area contributed by atoms with Crippen molar-refractivity contribution in [3.8, 4) is 0 Å². The second-order valence-electron chi connectivity index (χ2n) is 6.74. The number of amides is 2. The number of nitrogens with zero attached hydrogens (tertiary/aromatic N) is 4. The molecule has 0 saturated heterocycles. The van der Waals surface area contributed by atoms with Crippen LogP contribution in [-0.2, 0) is 11.3 Å². The van der Waals surface area contributed by atoms with Gasteiger partial charge in [0.25, 0.3) is 17.2 Å². The predicted octanol–water partition coefficient (Wildman–Crippen LogP) is 2.43. The van der Waals surface area contributed by atoms with E-state index >= 15 is 0 Å². The second kappa shape index (κ2) is 9.16. The van der Waals surface area contributed by atoms with Crippen molar-refractivity contribution in [2.45, 2.75) is 20.4 Å². The van der Waals surface area contributed by atoms with Gasteiger partial charge in [0, 0.05) is 36.5 Å². The first kappa shape index (κ1) is 21.6. The zero-order valence-electron chi connectivity index (χ0n) is 17.1. The average molecular weight is 423 g/mol. The van der Waals surface area contributed by atoms with Crippen LogP contribution >= 0.6 is 0 Å². The van der Waals surface area contributed by atoms with E-state index in [-0.39, 0.29) is 23.5 Å². The molecule has 0 aliphatic rings. The molecule has 0 fully saturated rings. The van der Waals surface area contributed by atoms with E-state index in [9.17, 15) is 24.5 Å². The molecule has 31 heavy (non-hydrogen) atoms. The molecule has 2 amide bonds. The molecule has 0 unspecified atom stereocenters. The van der Waals surface area contributed by atoms with Crippen LogP contribution in [0.25, 0.3) is 10.9 Å². The van der Waals surface area contributed by atoms with Crippen LogP contribution in [0.3, 0.4) is 0 Å². The van der Waals surface area contributed by atoms with Gasteiger partial charge in [-0.1, -0.05) is 0 Å². The van der Waals surface area contributed by atoms with Gasteiger partial charge in [-0.15, -0.1) is 0 Å². The topological polar surface area (TPSA) is 127 Å². The van der Waals surface area contributed by atoms with Crippen LogP contribution in [0.1, 0.15) is 24.2 Å². The van der Waals surface area contributed by atoms with E-state index in [1.165, 1.54) is 18.5 Å². The van der Waals surface area contributed by atoms with Gasteiger partial charge >= 0.3 is 0 Å². The lowest BCUT2D eigenvalue weighted by molar-refractivity contribution is -0.384. The van der Waals surface area contributed by atoms with Gasteiger partial charge in [0.2, 0.25) is 5.91 Å². The lowest BCUT2D eigenvalue weighted by atomic mass is 10.1. The molecule has 0 radical (unpaired) electrons. The maximum absolute atomic E-state index is 12.6. The number of benzene rings is 2. The van der Waals surface area contributed by atoms with Crippen molar-refractivity contribution < 1.29 is 14.5 Å². The van der Waals surface area contributed by atoms with E-state index in [1.54, 1.807) is 29.2 Å². The number of anilines is 1. The molecule has 10 heteroatoms. The zero-order chi connectivity index (χ0) is 22.5. The van der Waals surface area contributed by atoms with Crippen LogP contribution in [-0.4, -0.2) is 44.3 Å². The van der Waals surface area contributed by atoms with Gasteiger partial charge in [-0.3, -0.25) is 29.1 Å². The number of carbonyl (C=O) groups excluding carboxylic acids is 2. The molecule has 10 nitrogen and oxygen atoms in total. The number of carbonyl (C=O) groups is 2. The highest BCUT2D eigenvalue weighted by molar-refractivity contribution is 5.95. The minimum atomic E-state index is -0.600. The van der Waals surface area contributed by atoms with Crippen LogP contribution in [0.15, 0.2) is 53.6 Å². The highest BCUT2D eigenvalue weighted by Crippen LogP contribution is 2.16.